The van der Waals surface area contributed by atoms with E-state index in [1.54, 1.807) is 54.1 Å². The fraction of sp³-hybridized carbons (Fsp3) is 0.167. The lowest BCUT2D eigenvalue weighted by atomic mass is 10.1. The Balaban J connectivity index is 0.976. The molecule has 0 radical (unpaired) electrons. The Morgan fingerprint density at radius 2 is 1.56 bits per heavy atom. The van der Waals surface area contributed by atoms with E-state index in [1.165, 1.54) is 10.8 Å². The Hall–Kier alpha value is -4.41. The van der Waals surface area contributed by atoms with Crippen molar-refractivity contribution < 1.29 is 13.5 Å². The maximum atomic E-state index is 13.0. The van der Waals surface area contributed by atoms with Gasteiger partial charge in [0, 0.05) is 47.6 Å². The van der Waals surface area contributed by atoms with Crippen molar-refractivity contribution in [3.05, 3.63) is 143 Å². The molecule has 228 valence electrons. The van der Waals surface area contributed by atoms with E-state index in [4.69, 9.17) is 4.98 Å². The van der Waals surface area contributed by atoms with E-state index in [-0.39, 0.29) is 4.90 Å². The highest BCUT2D eigenvalue weighted by molar-refractivity contribution is 7.92. The largest absolute Gasteiger partial charge is 0.387 e. The van der Waals surface area contributed by atoms with Crippen molar-refractivity contribution >= 4 is 37.8 Å². The standard InChI is InChI=1S/C36H34N4O3S2/c41-35(31-6-3-20-37-23-31)24-38-21-19-27-7-14-32(15-8-27)40-45(42,43)33-16-9-26(10-17-33)11-18-36-39-34(25-44-36)30-13-12-28-4-1-2-5-29(28)22-30/h1-10,12-17,20,22-23,25,35,38,40-41H,11,18-19,21,24H2/t35-/m0/s1. The van der Waals surface area contributed by atoms with Crippen LogP contribution in [0.25, 0.3) is 22.0 Å². The van der Waals surface area contributed by atoms with Crippen LogP contribution in [0.15, 0.2) is 126 Å². The number of fused-ring (bicyclic) bond motifs is 1. The van der Waals surface area contributed by atoms with Gasteiger partial charge in [0.15, 0.2) is 0 Å². The number of rotatable bonds is 13. The molecule has 0 fully saturated rings. The van der Waals surface area contributed by atoms with E-state index in [2.05, 4.69) is 50.7 Å². The SMILES string of the molecule is O=S(=O)(Nc1ccc(CCNC[C@H](O)c2cccnc2)cc1)c1ccc(CCc2nc(-c3ccc4ccccc4c3)cs2)cc1. The summed E-state index contributed by atoms with van der Waals surface area (Å²) >= 11 is 1.65. The number of thiazole rings is 1. The highest BCUT2D eigenvalue weighted by Gasteiger charge is 2.15. The van der Waals surface area contributed by atoms with Gasteiger partial charge in [-0.1, -0.05) is 66.7 Å². The first-order valence-electron chi connectivity index (χ1n) is 14.9. The average molecular weight is 635 g/mol. The van der Waals surface area contributed by atoms with E-state index in [0.717, 1.165) is 52.2 Å². The van der Waals surface area contributed by atoms with Crippen LogP contribution in [0.3, 0.4) is 0 Å². The quantitative estimate of drug-likeness (QED) is 0.121. The van der Waals surface area contributed by atoms with Gasteiger partial charge < -0.3 is 10.4 Å². The minimum absolute atomic E-state index is 0.222. The molecule has 4 aromatic carbocycles. The number of aromatic nitrogens is 2. The predicted octanol–water partition coefficient (Wildman–Crippen LogP) is 6.81. The van der Waals surface area contributed by atoms with E-state index in [0.29, 0.717) is 18.8 Å². The number of aliphatic hydroxyl groups excluding tert-OH is 1. The Labute approximate surface area is 267 Å². The van der Waals surface area contributed by atoms with Gasteiger partial charge in [-0.3, -0.25) is 9.71 Å². The number of anilines is 1. The van der Waals surface area contributed by atoms with E-state index in [9.17, 15) is 13.5 Å². The topological polar surface area (TPSA) is 104 Å². The Kier molecular flexibility index (Phi) is 9.61. The van der Waals surface area contributed by atoms with Gasteiger partial charge in [-0.2, -0.15) is 0 Å². The molecule has 6 aromatic rings. The number of aryl methyl sites for hydroxylation is 2. The number of aliphatic hydroxyl groups is 1. The third-order valence-corrected chi connectivity index (χ3v) is 9.97. The lowest BCUT2D eigenvalue weighted by Crippen LogP contribution is -2.23. The molecule has 1 atom stereocenters. The fourth-order valence-electron chi connectivity index (χ4n) is 5.11. The van der Waals surface area contributed by atoms with Gasteiger partial charge in [0.25, 0.3) is 10.0 Å². The molecule has 0 saturated heterocycles. The first-order chi connectivity index (χ1) is 21.9. The number of benzene rings is 4. The number of hydrogen-bond acceptors (Lipinski definition) is 7. The van der Waals surface area contributed by atoms with Gasteiger partial charge in [0.05, 0.1) is 21.7 Å². The van der Waals surface area contributed by atoms with E-state index < -0.39 is 16.1 Å². The summed E-state index contributed by atoms with van der Waals surface area (Å²) in [4.78, 5) is 9.10. The minimum atomic E-state index is -3.72. The second-order valence-corrected chi connectivity index (χ2v) is 13.5. The van der Waals surface area contributed by atoms with Crippen molar-refractivity contribution in [2.75, 3.05) is 17.8 Å². The van der Waals surface area contributed by atoms with Crippen LogP contribution in [0, 0.1) is 0 Å². The molecule has 2 heterocycles. The number of pyridine rings is 1. The molecule has 0 bridgehead atoms. The monoisotopic (exact) mass is 634 g/mol. The van der Waals surface area contributed by atoms with Crippen molar-refractivity contribution in [2.45, 2.75) is 30.3 Å². The molecule has 9 heteroatoms. The predicted molar refractivity (Wildman–Crippen MR) is 182 cm³/mol. The second-order valence-electron chi connectivity index (χ2n) is 10.9. The Morgan fingerprint density at radius 3 is 2.33 bits per heavy atom. The average Bonchev–Trinajstić information content (AvgIpc) is 3.56. The number of sulfonamides is 1. The van der Waals surface area contributed by atoms with Crippen LogP contribution in [0.5, 0.6) is 0 Å². The van der Waals surface area contributed by atoms with Crippen LogP contribution in [0.1, 0.15) is 27.8 Å². The van der Waals surface area contributed by atoms with Crippen molar-refractivity contribution in [1.29, 1.82) is 0 Å². The summed E-state index contributed by atoms with van der Waals surface area (Å²) in [5.41, 5.74) is 5.50. The summed E-state index contributed by atoms with van der Waals surface area (Å²) in [5, 5.41) is 19.1. The molecule has 0 spiro atoms. The summed E-state index contributed by atoms with van der Waals surface area (Å²) in [5.74, 6) is 0. The zero-order chi connectivity index (χ0) is 31.1. The molecule has 6 rings (SSSR count). The summed E-state index contributed by atoms with van der Waals surface area (Å²) in [6, 6.07) is 32.8. The summed E-state index contributed by atoms with van der Waals surface area (Å²) < 4.78 is 28.7. The Bertz CT molecular complexity index is 1960. The normalized spacial score (nSPS) is 12.3. The molecular weight excluding hydrogens is 601 g/mol. The summed E-state index contributed by atoms with van der Waals surface area (Å²) in [7, 11) is -3.72. The number of nitrogens with one attached hydrogen (secondary N) is 2. The molecule has 0 amide bonds. The molecule has 0 aliphatic carbocycles. The molecule has 0 aliphatic heterocycles. The van der Waals surface area contributed by atoms with Crippen LogP contribution >= 0.6 is 11.3 Å². The first kappa shape index (κ1) is 30.6. The molecular formula is C36H34N4O3S2. The molecule has 0 unspecified atom stereocenters. The van der Waals surface area contributed by atoms with Crippen molar-refractivity contribution in [3.63, 3.8) is 0 Å². The van der Waals surface area contributed by atoms with Crippen molar-refractivity contribution in [2.24, 2.45) is 0 Å². The highest BCUT2D eigenvalue weighted by Crippen LogP contribution is 2.27. The molecule has 2 aromatic heterocycles. The number of nitrogens with zero attached hydrogens (tertiary/aromatic N) is 2. The van der Waals surface area contributed by atoms with Crippen molar-refractivity contribution in [1.82, 2.24) is 15.3 Å². The van der Waals surface area contributed by atoms with Gasteiger partial charge in [-0.05, 0) is 77.7 Å². The molecule has 45 heavy (non-hydrogen) atoms. The van der Waals surface area contributed by atoms with Crippen LogP contribution < -0.4 is 10.0 Å². The summed E-state index contributed by atoms with van der Waals surface area (Å²) in [6.45, 7) is 1.11. The van der Waals surface area contributed by atoms with Gasteiger partial charge in [0.1, 0.15) is 0 Å². The van der Waals surface area contributed by atoms with E-state index in [1.807, 2.05) is 42.5 Å². The van der Waals surface area contributed by atoms with Gasteiger partial charge in [-0.15, -0.1) is 11.3 Å². The molecule has 0 saturated carbocycles. The summed E-state index contributed by atoms with van der Waals surface area (Å²) in [6.07, 6.45) is 5.04. The van der Waals surface area contributed by atoms with Crippen LogP contribution in [0.4, 0.5) is 5.69 Å². The second kappa shape index (κ2) is 14.1. The lowest BCUT2D eigenvalue weighted by Gasteiger charge is -2.12. The minimum Gasteiger partial charge on any atom is -0.387 e. The van der Waals surface area contributed by atoms with Crippen LogP contribution in [-0.4, -0.2) is 36.6 Å². The zero-order valence-electron chi connectivity index (χ0n) is 24.6. The maximum Gasteiger partial charge on any atom is 0.261 e. The van der Waals surface area contributed by atoms with Gasteiger partial charge in [-0.25, -0.2) is 13.4 Å². The molecule has 0 aliphatic rings. The maximum absolute atomic E-state index is 13.0. The first-order valence-corrected chi connectivity index (χ1v) is 17.2. The smallest absolute Gasteiger partial charge is 0.261 e. The van der Waals surface area contributed by atoms with Gasteiger partial charge >= 0.3 is 0 Å². The van der Waals surface area contributed by atoms with Crippen LogP contribution in [-0.2, 0) is 29.3 Å². The molecule has 3 N–H and O–H groups in total. The fourth-order valence-corrected chi connectivity index (χ4v) is 6.98. The van der Waals surface area contributed by atoms with Crippen molar-refractivity contribution in [3.8, 4) is 11.3 Å². The van der Waals surface area contributed by atoms with Gasteiger partial charge in [0.2, 0.25) is 0 Å². The number of hydrogen-bond donors (Lipinski definition) is 3. The third kappa shape index (κ3) is 8.01. The zero-order valence-corrected chi connectivity index (χ0v) is 26.3. The Morgan fingerprint density at radius 1 is 0.800 bits per heavy atom. The lowest BCUT2D eigenvalue weighted by molar-refractivity contribution is 0.174. The highest BCUT2D eigenvalue weighted by atomic mass is 32.2. The third-order valence-electron chi connectivity index (χ3n) is 7.66. The van der Waals surface area contributed by atoms with E-state index >= 15 is 0 Å². The van der Waals surface area contributed by atoms with Crippen LogP contribution in [0.2, 0.25) is 0 Å². The molecule has 7 nitrogen and oxygen atoms in total.